The highest BCUT2D eigenvalue weighted by atomic mass is 79.9. The molecule has 1 aliphatic carbocycles. The van der Waals surface area contributed by atoms with Gasteiger partial charge in [-0.25, -0.2) is 0 Å². The zero-order chi connectivity index (χ0) is 14.5. The highest BCUT2D eigenvalue weighted by Crippen LogP contribution is 2.30. The molecule has 3 nitrogen and oxygen atoms in total. The van der Waals surface area contributed by atoms with Gasteiger partial charge < -0.3 is 10.6 Å². The van der Waals surface area contributed by atoms with Crippen LogP contribution < -0.4 is 10.6 Å². The normalized spacial score (nSPS) is 22.3. The van der Waals surface area contributed by atoms with Gasteiger partial charge >= 0.3 is 0 Å². The minimum atomic E-state index is 0.368. The van der Waals surface area contributed by atoms with Crippen molar-refractivity contribution in [2.45, 2.75) is 51.1 Å². The summed E-state index contributed by atoms with van der Waals surface area (Å²) in [5.74, 6) is 0. The van der Waals surface area contributed by atoms with Gasteiger partial charge in [0.2, 0.25) is 0 Å². The molecule has 1 fully saturated rings. The maximum atomic E-state index is 9.14. The molecule has 0 amide bonds. The van der Waals surface area contributed by atoms with Crippen molar-refractivity contribution in [2.24, 2.45) is 5.73 Å². The number of nitrogens with zero attached hydrogens (tertiary/aromatic N) is 2. The topological polar surface area (TPSA) is 53.0 Å². The van der Waals surface area contributed by atoms with Crippen LogP contribution in [0.4, 0.5) is 5.69 Å². The van der Waals surface area contributed by atoms with Gasteiger partial charge in [-0.1, -0.05) is 22.9 Å². The summed E-state index contributed by atoms with van der Waals surface area (Å²) in [6.07, 6.45) is 5.61. The second-order valence-corrected chi connectivity index (χ2v) is 6.49. The second-order valence-electron chi connectivity index (χ2n) is 5.57. The van der Waals surface area contributed by atoms with Crippen molar-refractivity contribution in [1.82, 2.24) is 0 Å². The quantitative estimate of drug-likeness (QED) is 0.910. The average Bonchev–Trinajstić information content (AvgIpc) is 2.45. The summed E-state index contributed by atoms with van der Waals surface area (Å²) in [7, 11) is 0. The smallest absolute Gasteiger partial charge is 0.0992 e. The van der Waals surface area contributed by atoms with E-state index in [2.05, 4.69) is 39.9 Å². The lowest BCUT2D eigenvalue weighted by molar-refractivity contribution is 0.375. The third-order valence-electron chi connectivity index (χ3n) is 3.99. The zero-order valence-electron chi connectivity index (χ0n) is 12.0. The van der Waals surface area contributed by atoms with Gasteiger partial charge in [0.15, 0.2) is 0 Å². The number of hydrogen-bond donors (Lipinski definition) is 1. The summed E-state index contributed by atoms with van der Waals surface area (Å²) < 4.78 is 0.972. The molecule has 2 N–H and O–H groups in total. The van der Waals surface area contributed by atoms with Crippen LogP contribution >= 0.6 is 15.9 Å². The number of benzene rings is 1. The van der Waals surface area contributed by atoms with E-state index in [1.165, 1.54) is 0 Å². The van der Waals surface area contributed by atoms with Crippen LogP contribution in [0.3, 0.4) is 0 Å². The fraction of sp³-hybridized carbons (Fsp3) is 0.562. The van der Waals surface area contributed by atoms with E-state index in [4.69, 9.17) is 11.0 Å². The maximum Gasteiger partial charge on any atom is 0.0992 e. The molecule has 1 saturated carbocycles. The van der Waals surface area contributed by atoms with Gasteiger partial charge in [0, 0.05) is 28.8 Å². The van der Waals surface area contributed by atoms with E-state index in [-0.39, 0.29) is 0 Å². The Morgan fingerprint density at radius 3 is 2.60 bits per heavy atom. The van der Waals surface area contributed by atoms with E-state index in [1.807, 2.05) is 12.1 Å². The van der Waals surface area contributed by atoms with Crippen LogP contribution in [-0.2, 0) is 0 Å². The minimum absolute atomic E-state index is 0.368. The molecule has 0 radical (unpaired) electrons. The summed E-state index contributed by atoms with van der Waals surface area (Å²) in [6, 6.07) is 9.13. The summed E-state index contributed by atoms with van der Waals surface area (Å²) >= 11 is 3.51. The Bertz CT molecular complexity index is 487. The third kappa shape index (κ3) is 3.74. The first-order chi connectivity index (χ1) is 9.63. The van der Waals surface area contributed by atoms with Crippen molar-refractivity contribution in [3.05, 3.63) is 28.2 Å². The van der Waals surface area contributed by atoms with Crippen LogP contribution in [0.15, 0.2) is 22.7 Å². The third-order valence-corrected chi connectivity index (χ3v) is 4.45. The molecule has 0 bridgehead atoms. The fourth-order valence-corrected chi connectivity index (χ4v) is 3.46. The molecular formula is C16H22BrN3. The van der Waals surface area contributed by atoms with E-state index < -0.39 is 0 Å². The maximum absolute atomic E-state index is 9.14. The molecular weight excluding hydrogens is 314 g/mol. The first-order valence-corrected chi connectivity index (χ1v) is 8.16. The molecule has 1 aromatic carbocycles. The van der Waals surface area contributed by atoms with Crippen LogP contribution in [0.25, 0.3) is 0 Å². The van der Waals surface area contributed by atoms with Crippen LogP contribution in [0.5, 0.6) is 0 Å². The highest BCUT2D eigenvalue weighted by molar-refractivity contribution is 9.10. The Morgan fingerprint density at radius 2 is 2.00 bits per heavy atom. The van der Waals surface area contributed by atoms with E-state index in [0.29, 0.717) is 17.6 Å². The first kappa shape index (κ1) is 15.3. The molecule has 20 heavy (non-hydrogen) atoms. The van der Waals surface area contributed by atoms with Crippen molar-refractivity contribution < 1.29 is 0 Å². The van der Waals surface area contributed by atoms with Gasteiger partial charge in [-0.15, -0.1) is 0 Å². The summed E-state index contributed by atoms with van der Waals surface area (Å²) in [6.45, 7) is 3.23. The Morgan fingerprint density at radius 1 is 1.30 bits per heavy atom. The number of hydrogen-bond acceptors (Lipinski definition) is 3. The molecule has 0 spiro atoms. The monoisotopic (exact) mass is 335 g/mol. The predicted molar refractivity (Wildman–Crippen MR) is 86.7 cm³/mol. The first-order valence-electron chi connectivity index (χ1n) is 7.37. The summed E-state index contributed by atoms with van der Waals surface area (Å²) in [4.78, 5) is 2.46. The SMILES string of the molecule is CCCN(c1cc(Br)cc(C#N)c1)C1CCC(N)CC1. The van der Waals surface area contributed by atoms with E-state index in [0.717, 1.165) is 48.8 Å². The van der Waals surface area contributed by atoms with Crippen LogP contribution in [-0.4, -0.2) is 18.6 Å². The molecule has 0 atom stereocenters. The van der Waals surface area contributed by atoms with Gasteiger partial charge in [-0.3, -0.25) is 0 Å². The molecule has 0 aliphatic heterocycles. The van der Waals surface area contributed by atoms with Gasteiger partial charge in [0.1, 0.15) is 0 Å². The van der Waals surface area contributed by atoms with E-state index >= 15 is 0 Å². The Kier molecular flexibility index (Phi) is 5.45. The van der Waals surface area contributed by atoms with Crippen LogP contribution in [0.2, 0.25) is 0 Å². The summed E-state index contributed by atoms with van der Waals surface area (Å²) in [5, 5.41) is 9.14. The molecule has 0 heterocycles. The number of halogens is 1. The van der Waals surface area contributed by atoms with Gasteiger partial charge in [-0.2, -0.15) is 5.26 Å². The lowest BCUT2D eigenvalue weighted by Gasteiger charge is -2.37. The minimum Gasteiger partial charge on any atom is -0.368 e. The molecule has 1 aliphatic rings. The lowest BCUT2D eigenvalue weighted by Crippen LogP contribution is -2.41. The van der Waals surface area contributed by atoms with Crippen molar-refractivity contribution in [3.8, 4) is 6.07 Å². The molecule has 1 aromatic rings. The predicted octanol–water partition coefficient (Wildman–Crippen LogP) is 3.81. The van der Waals surface area contributed by atoms with Crippen LogP contribution in [0.1, 0.15) is 44.6 Å². The lowest BCUT2D eigenvalue weighted by atomic mass is 9.90. The number of nitriles is 1. The van der Waals surface area contributed by atoms with Crippen LogP contribution in [0, 0.1) is 11.3 Å². The van der Waals surface area contributed by atoms with Gasteiger partial charge in [-0.05, 0) is 50.3 Å². The van der Waals surface area contributed by atoms with Gasteiger partial charge in [0.25, 0.3) is 0 Å². The van der Waals surface area contributed by atoms with Crippen molar-refractivity contribution in [2.75, 3.05) is 11.4 Å². The molecule has 108 valence electrons. The number of nitrogens with two attached hydrogens (primary N) is 1. The van der Waals surface area contributed by atoms with Crippen molar-refractivity contribution in [3.63, 3.8) is 0 Å². The summed E-state index contributed by atoms with van der Waals surface area (Å²) in [5.41, 5.74) is 7.87. The average molecular weight is 336 g/mol. The molecule has 2 rings (SSSR count). The zero-order valence-corrected chi connectivity index (χ0v) is 13.6. The number of anilines is 1. The van der Waals surface area contributed by atoms with E-state index in [1.54, 1.807) is 0 Å². The van der Waals surface area contributed by atoms with E-state index in [9.17, 15) is 0 Å². The molecule has 0 unspecified atom stereocenters. The Balaban J connectivity index is 2.24. The number of rotatable bonds is 4. The Labute approximate surface area is 129 Å². The largest absolute Gasteiger partial charge is 0.368 e. The molecule has 0 aromatic heterocycles. The Hall–Kier alpha value is -1.05. The molecule has 0 saturated heterocycles. The second kappa shape index (κ2) is 7.10. The van der Waals surface area contributed by atoms with Crippen molar-refractivity contribution in [1.29, 1.82) is 5.26 Å². The van der Waals surface area contributed by atoms with Gasteiger partial charge in [0.05, 0.1) is 11.6 Å². The molecule has 4 heteroatoms. The standard InChI is InChI=1S/C16H22BrN3/c1-2-7-20(15-5-3-14(19)4-6-15)16-9-12(11-18)8-13(17)10-16/h8-10,14-15H,2-7,19H2,1H3. The fourth-order valence-electron chi connectivity index (χ4n) is 2.98. The van der Waals surface area contributed by atoms with Crippen molar-refractivity contribution >= 4 is 21.6 Å². The highest BCUT2D eigenvalue weighted by Gasteiger charge is 2.24.